The maximum absolute atomic E-state index is 3.70. The highest BCUT2D eigenvalue weighted by atomic mass is 127. The van der Waals surface area contributed by atoms with Crippen molar-refractivity contribution < 1.29 is 0 Å². The highest BCUT2D eigenvalue weighted by Crippen LogP contribution is 2.28. The highest BCUT2D eigenvalue weighted by Gasteiger charge is 2.14. The molecule has 1 aromatic carbocycles. The number of rotatable bonds is 7. The number of thiophene rings is 1. The first-order valence-electron chi connectivity index (χ1n) is 6.91. The molecule has 4 heteroatoms. The third kappa shape index (κ3) is 4.83. The van der Waals surface area contributed by atoms with Crippen molar-refractivity contribution >= 4 is 49.9 Å². The average Bonchev–Trinajstić information content (AvgIpc) is 2.95. The second-order valence-electron chi connectivity index (χ2n) is 4.79. The zero-order chi connectivity index (χ0) is 14.4. The van der Waals surface area contributed by atoms with Crippen LogP contribution in [-0.4, -0.2) is 6.54 Å². The lowest BCUT2D eigenvalue weighted by Gasteiger charge is -2.20. The summed E-state index contributed by atoms with van der Waals surface area (Å²) in [5.41, 5.74) is 1.41. The number of hydrogen-bond donors (Lipinski definition) is 1. The van der Waals surface area contributed by atoms with Crippen LogP contribution in [0.25, 0.3) is 0 Å². The number of benzene rings is 1. The molecule has 1 aromatic heterocycles. The Balaban J connectivity index is 2.11. The Morgan fingerprint density at radius 3 is 2.90 bits per heavy atom. The van der Waals surface area contributed by atoms with E-state index in [2.05, 4.69) is 86.5 Å². The van der Waals surface area contributed by atoms with Crippen LogP contribution in [0.2, 0.25) is 0 Å². The Morgan fingerprint density at radius 1 is 1.35 bits per heavy atom. The first-order chi connectivity index (χ1) is 9.70. The number of nitrogens with one attached hydrogen (secondary N) is 1. The summed E-state index contributed by atoms with van der Waals surface area (Å²) >= 11 is 7.88. The molecule has 0 fully saturated rings. The summed E-state index contributed by atoms with van der Waals surface area (Å²) < 4.78 is 2.50. The van der Waals surface area contributed by atoms with E-state index in [0.717, 1.165) is 23.9 Å². The lowest BCUT2D eigenvalue weighted by molar-refractivity contribution is 0.499. The van der Waals surface area contributed by atoms with Crippen LogP contribution in [0, 0.1) is 3.57 Å². The summed E-state index contributed by atoms with van der Waals surface area (Å²) in [6.45, 7) is 3.28. The highest BCUT2D eigenvalue weighted by molar-refractivity contribution is 14.1. The van der Waals surface area contributed by atoms with Crippen LogP contribution in [0.15, 0.2) is 40.2 Å². The van der Waals surface area contributed by atoms with Gasteiger partial charge in [-0.1, -0.05) is 28.9 Å². The van der Waals surface area contributed by atoms with E-state index >= 15 is 0 Å². The lowest BCUT2D eigenvalue weighted by atomic mass is 10.0. The Labute approximate surface area is 147 Å². The third-order valence-electron chi connectivity index (χ3n) is 3.23. The molecular weight excluding hydrogens is 445 g/mol. The SMILES string of the molecule is CCCNC(CCc1cccs1)c1cc(Br)ccc1I. The summed E-state index contributed by atoms with van der Waals surface area (Å²) in [6.07, 6.45) is 3.45. The van der Waals surface area contributed by atoms with Gasteiger partial charge in [-0.05, 0) is 83.6 Å². The van der Waals surface area contributed by atoms with Crippen molar-refractivity contribution in [1.82, 2.24) is 5.32 Å². The fourth-order valence-corrected chi connectivity index (χ4v) is 4.02. The van der Waals surface area contributed by atoms with E-state index < -0.39 is 0 Å². The largest absolute Gasteiger partial charge is 0.310 e. The first-order valence-corrected chi connectivity index (χ1v) is 9.66. The van der Waals surface area contributed by atoms with E-state index in [-0.39, 0.29) is 0 Å². The van der Waals surface area contributed by atoms with Gasteiger partial charge in [0, 0.05) is 19.0 Å². The van der Waals surface area contributed by atoms with Crippen molar-refractivity contribution in [2.45, 2.75) is 32.2 Å². The molecule has 0 saturated carbocycles. The molecule has 2 rings (SSSR count). The molecule has 20 heavy (non-hydrogen) atoms. The van der Waals surface area contributed by atoms with Gasteiger partial charge >= 0.3 is 0 Å². The molecule has 0 aliphatic heterocycles. The molecule has 1 nitrogen and oxygen atoms in total. The van der Waals surface area contributed by atoms with Crippen molar-refractivity contribution in [2.75, 3.05) is 6.54 Å². The zero-order valence-corrected chi connectivity index (χ0v) is 16.1. The minimum atomic E-state index is 0.432. The van der Waals surface area contributed by atoms with E-state index in [0.29, 0.717) is 6.04 Å². The Hall–Kier alpha value is 0.0900. The molecule has 0 saturated heterocycles. The van der Waals surface area contributed by atoms with Crippen molar-refractivity contribution in [3.63, 3.8) is 0 Å². The predicted octanol–water partition coefficient (Wildman–Crippen LogP) is 5.79. The standard InChI is InChI=1S/C16H19BrINS/c1-2-9-19-16(8-6-13-4-3-10-20-13)14-11-12(17)5-7-15(14)18/h3-5,7,10-11,16,19H,2,6,8-9H2,1H3. The molecule has 1 unspecified atom stereocenters. The second kappa shape index (κ2) is 8.51. The fourth-order valence-electron chi connectivity index (χ4n) is 2.21. The first kappa shape index (κ1) is 16.5. The fraction of sp³-hybridized carbons (Fsp3) is 0.375. The van der Waals surface area contributed by atoms with Gasteiger partial charge in [0.1, 0.15) is 0 Å². The predicted molar refractivity (Wildman–Crippen MR) is 101 cm³/mol. The van der Waals surface area contributed by atoms with Crippen LogP contribution in [-0.2, 0) is 6.42 Å². The molecule has 0 spiro atoms. The molecule has 0 bridgehead atoms. The summed E-state index contributed by atoms with van der Waals surface area (Å²) in [7, 11) is 0. The molecular formula is C16H19BrINS. The van der Waals surface area contributed by atoms with Crippen LogP contribution in [0.4, 0.5) is 0 Å². The summed E-state index contributed by atoms with van der Waals surface area (Å²) in [4.78, 5) is 1.47. The molecule has 1 N–H and O–H groups in total. The second-order valence-corrected chi connectivity index (χ2v) is 7.90. The molecule has 0 radical (unpaired) electrons. The van der Waals surface area contributed by atoms with Gasteiger partial charge < -0.3 is 5.32 Å². The van der Waals surface area contributed by atoms with Gasteiger partial charge in [0.15, 0.2) is 0 Å². The van der Waals surface area contributed by atoms with E-state index in [1.807, 2.05) is 11.3 Å². The topological polar surface area (TPSA) is 12.0 Å². The minimum absolute atomic E-state index is 0.432. The van der Waals surface area contributed by atoms with E-state index in [1.165, 1.54) is 20.4 Å². The van der Waals surface area contributed by atoms with Gasteiger partial charge in [0.05, 0.1) is 0 Å². The number of hydrogen-bond acceptors (Lipinski definition) is 2. The summed E-state index contributed by atoms with van der Waals surface area (Å²) in [5, 5.41) is 5.85. The van der Waals surface area contributed by atoms with Crippen LogP contribution >= 0.6 is 49.9 Å². The van der Waals surface area contributed by atoms with Crippen molar-refractivity contribution in [3.8, 4) is 0 Å². The molecule has 1 atom stereocenters. The van der Waals surface area contributed by atoms with E-state index in [4.69, 9.17) is 0 Å². The Morgan fingerprint density at radius 2 is 2.20 bits per heavy atom. The van der Waals surface area contributed by atoms with Crippen molar-refractivity contribution in [2.24, 2.45) is 0 Å². The van der Waals surface area contributed by atoms with Crippen LogP contribution in [0.1, 0.15) is 36.2 Å². The molecule has 2 aromatic rings. The van der Waals surface area contributed by atoms with Gasteiger partial charge in [-0.25, -0.2) is 0 Å². The van der Waals surface area contributed by atoms with Gasteiger partial charge in [0.2, 0.25) is 0 Å². The normalized spacial score (nSPS) is 12.6. The third-order valence-corrected chi connectivity index (χ3v) is 5.65. The zero-order valence-electron chi connectivity index (χ0n) is 11.5. The lowest BCUT2D eigenvalue weighted by Crippen LogP contribution is -2.23. The molecule has 108 valence electrons. The number of halogens is 2. The van der Waals surface area contributed by atoms with Gasteiger partial charge in [-0.15, -0.1) is 11.3 Å². The summed E-state index contributed by atoms with van der Waals surface area (Å²) in [5.74, 6) is 0. The van der Waals surface area contributed by atoms with Gasteiger partial charge in [-0.3, -0.25) is 0 Å². The minimum Gasteiger partial charge on any atom is -0.310 e. The Bertz CT molecular complexity index is 527. The van der Waals surface area contributed by atoms with Gasteiger partial charge in [0.25, 0.3) is 0 Å². The van der Waals surface area contributed by atoms with E-state index in [9.17, 15) is 0 Å². The monoisotopic (exact) mass is 463 g/mol. The molecule has 0 amide bonds. The smallest absolute Gasteiger partial charge is 0.0334 e. The van der Waals surface area contributed by atoms with Crippen LogP contribution < -0.4 is 5.32 Å². The van der Waals surface area contributed by atoms with Crippen molar-refractivity contribution in [1.29, 1.82) is 0 Å². The molecule has 0 aliphatic carbocycles. The van der Waals surface area contributed by atoms with Gasteiger partial charge in [-0.2, -0.15) is 0 Å². The number of aryl methyl sites for hydroxylation is 1. The van der Waals surface area contributed by atoms with E-state index in [1.54, 1.807) is 0 Å². The molecule has 1 heterocycles. The average molecular weight is 464 g/mol. The van der Waals surface area contributed by atoms with Crippen molar-refractivity contribution in [3.05, 3.63) is 54.2 Å². The quantitative estimate of drug-likeness (QED) is 0.512. The Kier molecular flexibility index (Phi) is 7.01. The van der Waals surface area contributed by atoms with Crippen LogP contribution in [0.3, 0.4) is 0 Å². The molecule has 0 aliphatic rings. The maximum Gasteiger partial charge on any atom is 0.0334 e. The summed E-state index contributed by atoms with van der Waals surface area (Å²) in [6, 6.07) is 11.4. The maximum atomic E-state index is 3.70. The van der Waals surface area contributed by atoms with Crippen LogP contribution in [0.5, 0.6) is 0 Å².